The number of hydrogen-bond acceptors (Lipinski definition) is 2. The van der Waals surface area contributed by atoms with Crippen LogP contribution in [0.25, 0.3) is 0 Å². The maximum Gasteiger partial charge on any atom is 0.127 e. The zero-order chi connectivity index (χ0) is 29.7. The number of ether oxygens (including phenoxy) is 1. The van der Waals surface area contributed by atoms with Crippen LogP contribution in [0.15, 0.2) is 23.8 Å². The summed E-state index contributed by atoms with van der Waals surface area (Å²) in [5, 5.41) is 11.0. The number of phenols is 1. The third-order valence-corrected chi connectivity index (χ3v) is 4.32. The van der Waals surface area contributed by atoms with Crippen molar-refractivity contribution in [1.82, 2.24) is 0 Å². The number of fused-ring (bicyclic) bond motifs is 3. The maximum absolute atomic E-state index is 11.0. The lowest BCUT2D eigenvalue weighted by Gasteiger charge is -2.46. The number of benzene rings is 1. The first kappa shape index (κ1) is 6.13. The molecule has 0 saturated heterocycles. The summed E-state index contributed by atoms with van der Waals surface area (Å²) >= 11 is 0. The first-order chi connectivity index (χ1) is 16.7. The highest BCUT2D eigenvalue weighted by atomic mass is 16.5. The first-order valence-electron chi connectivity index (χ1n) is 15.0. The van der Waals surface area contributed by atoms with Crippen LogP contribution < -0.4 is 4.74 Å². The third kappa shape index (κ3) is 3.13. The fraction of sp³-hybridized carbons (Fsp3) is 0.619. The minimum atomic E-state index is -3.89. The van der Waals surface area contributed by atoms with Crippen molar-refractivity contribution in [2.75, 3.05) is 0 Å². The van der Waals surface area contributed by atoms with Gasteiger partial charge in [0.15, 0.2) is 0 Å². The number of hydrogen-bond donors (Lipinski definition) is 1. The molecule has 0 bridgehead atoms. The molecule has 1 aromatic carbocycles. The van der Waals surface area contributed by atoms with Gasteiger partial charge in [0, 0.05) is 37.9 Å². The SMILES string of the molecule is [2H]C([2H])([2H])C1=C[C@@]2([2H])c3c(O)cc(C([2H])([2H])C([2H])([2H])C([2H])([2H])C([2H])([2H])C([2H])([2H])[2H])cc3OC(C)(C)[C@@H]2CC1. The molecule has 0 spiro atoms. The van der Waals surface area contributed by atoms with Crippen molar-refractivity contribution in [3.8, 4) is 11.5 Å². The molecule has 1 aliphatic carbocycles. The summed E-state index contributed by atoms with van der Waals surface area (Å²) in [7, 11) is 0. The zero-order valence-corrected chi connectivity index (χ0v) is 13.1. The normalized spacial score (nSPS) is 41.6. The Kier molecular flexibility index (Phi) is 1.66. The molecule has 126 valence electrons. The van der Waals surface area contributed by atoms with Gasteiger partial charge in [-0.05, 0) is 64.0 Å². The van der Waals surface area contributed by atoms with Gasteiger partial charge in [0.2, 0.25) is 0 Å². The van der Waals surface area contributed by atoms with Gasteiger partial charge in [-0.2, -0.15) is 0 Å². The number of aryl methyl sites for hydroxylation is 1. The lowest BCUT2D eigenvalue weighted by molar-refractivity contribution is 0.0107. The molecule has 0 aromatic heterocycles. The van der Waals surface area contributed by atoms with Crippen molar-refractivity contribution >= 4 is 0 Å². The van der Waals surface area contributed by atoms with Crippen molar-refractivity contribution in [3.05, 3.63) is 34.9 Å². The molecular formula is C21H30O2. The predicted molar refractivity (Wildman–Crippen MR) is 95.3 cm³/mol. The van der Waals surface area contributed by atoms with Gasteiger partial charge in [-0.1, -0.05) is 31.2 Å². The van der Waals surface area contributed by atoms with E-state index in [1.54, 1.807) is 13.8 Å². The van der Waals surface area contributed by atoms with E-state index in [1.165, 1.54) is 6.08 Å². The van der Waals surface area contributed by atoms with Gasteiger partial charge in [-0.15, -0.1) is 0 Å². The third-order valence-electron chi connectivity index (χ3n) is 4.32. The van der Waals surface area contributed by atoms with E-state index < -0.39 is 67.9 Å². The summed E-state index contributed by atoms with van der Waals surface area (Å²) in [5.74, 6) is -3.40. The predicted octanol–water partition coefficient (Wildman–Crippen LogP) is 5.74. The molecule has 1 aliphatic heterocycles. The second-order valence-corrected chi connectivity index (χ2v) is 6.29. The second-order valence-electron chi connectivity index (χ2n) is 6.29. The molecule has 1 aromatic rings. The van der Waals surface area contributed by atoms with Crippen molar-refractivity contribution in [2.45, 2.75) is 77.4 Å². The summed E-state index contributed by atoms with van der Waals surface area (Å²) in [4.78, 5) is 0. The summed E-state index contributed by atoms with van der Waals surface area (Å²) in [5.41, 5.74) is -1.94. The fourth-order valence-corrected chi connectivity index (χ4v) is 3.32. The lowest BCUT2D eigenvalue weighted by Crippen LogP contribution is -2.45. The van der Waals surface area contributed by atoms with E-state index in [4.69, 9.17) is 23.9 Å². The summed E-state index contributed by atoms with van der Waals surface area (Å²) in [6.45, 7) is -2.85. The molecule has 23 heavy (non-hydrogen) atoms. The molecule has 0 amide bonds. The minimum absolute atomic E-state index is 0.0163. The molecule has 0 radical (unpaired) electrons. The number of allylic oxidation sites excluding steroid dienone is 2. The van der Waals surface area contributed by atoms with Crippen LogP contribution in [-0.4, -0.2) is 10.7 Å². The van der Waals surface area contributed by atoms with Crippen molar-refractivity contribution in [3.63, 3.8) is 0 Å². The molecular weight excluding hydrogens is 284 g/mol. The van der Waals surface area contributed by atoms with Gasteiger partial charge in [0.1, 0.15) is 17.1 Å². The van der Waals surface area contributed by atoms with Crippen molar-refractivity contribution < 1.29 is 30.4 Å². The summed E-state index contributed by atoms with van der Waals surface area (Å²) in [6.07, 6.45) is -13.2. The van der Waals surface area contributed by atoms with Crippen LogP contribution in [0, 0.1) is 5.92 Å². The van der Waals surface area contributed by atoms with Crippen LogP contribution >= 0.6 is 0 Å². The van der Waals surface area contributed by atoms with Gasteiger partial charge in [0.05, 0.1) is 0 Å². The molecule has 2 aliphatic rings. The average molecular weight is 330 g/mol. The quantitative estimate of drug-likeness (QED) is 0.714. The Morgan fingerprint density at radius 3 is 3.09 bits per heavy atom. The van der Waals surface area contributed by atoms with Gasteiger partial charge in [-0.25, -0.2) is 0 Å². The molecule has 0 fully saturated rings. The van der Waals surface area contributed by atoms with Crippen LogP contribution in [0.2, 0.25) is 0 Å². The van der Waals surface area contributed by atoms with E-state index in [0.717, 1.165) is 12.1 Å². The van der Waals surface area contributed by atoms with E-state index >= 15 is 0 Å². The van der Waals surface area contributed by atoms with E-state index in [-0.39, 0.29) is 29.7 Å². The maximum atomic E-state index is 11.0. The monoisotopic (exact) mass is 329 g/mol. The van der Waals surface area contributed by atoms with Gasteiger partial charge < -0.3 is 9.84 Å². The van der Waals surface area contributed by atoms with Crippen molar-refractivity contribution in [1.29, 1.82) is 0 Å². The van der Waals surface area contributed by atoms with Crippen LogP contribution in [0.1, 0.15) is 97.1 Å². The highest BCUT2D eigenvalue weighted by Gasteiger charge is 2.45. The number of aromatic hydroxyl groups is 1. The average Bonchev–Trinajstić information content (AvgIpc) is 2.70. The Bertz CT molecular complexity index is 1150. The van der Waals surface area contributed by atoms with E-state index in [1.807, 2.05) is 0 Å². The Morgan fingerprint density at radius 2 is 2.30 bits per heavy atom. The Morgan fingerprint density at radius 1 is 1.43 bits per heavy atom. The smallest absolute Gasteiger partial charge is 0.127 e. The van der Waals surface area contributed by atoms with E-state index in [0.29, 0.717) is 0 Å². The fourth-order valence-electron chi connectivity index (χ4n) is 3.32. The van der Waals surface area contributed by atoms with Crippen LogP contribution in [0.4, 0.5) is 0 Å². The molecule has 1 N–H and O–H groups in total. The Hall–Kier alpha value is -1.44. The molecule has 2 atom stereocenters. The molecule has 3 rings (SSSR count). The topological polar surface area (TPSA) is 29.5 Å². The highest BCUT2D eigenvalue weighted by molar-refractivity contribution is 5.53. The summed E-state index contributed by atoms with van der Waals surface area (Å²) in [6, 6.07) is 1.71. The standard InChI is InChI=1S/C21H30O2/c1-5-6-7-8-15-12-18(22)20-16-11-14(2)9-10-17(16)21(3,4)23-19(20)13-15/h11-13,16-17,22H,5-10H2,1-4H3/t16-,17-/m1/s1/i1D3,2D3,5D2,6D2,7D2,8D2,16D. The first-order valence-corrected chi connectivity index (χ1v) is 7.45. The minimum Gasteiger partial charge on any atom is -0.507 e. The Labute approximate surface area is 161 Å². The number of rotatable bonds is 4. The summed E-state index contributed by atoms with van der Waals surface area (Å²) < 4.78 is 126. The second kappa shape index (κ2) is 6.22. The molecule has 2 nitrogen and oxygen atoms in total. The molecule has 1 heterocycles. The Balaban J connectivity index is 2.24. The largest absolute Gasteiger partial charge is 0.507 e. The van der Waals surface area contributed by atoms with Gasteiger partial charge in [0.25, 0.3) is 0 Å². The lowest BCUT2D eigenvalue weighted by atomic mass is 9.68. The van der Waals surface area contributed by atoms with Crippen LogP contribution in [-0.2, 0) is 6.37 Å². The van der Waals surface area contributed by atoms with E-state index in [9.17, 15) is 6.48 Å². The van der Waals surface area contributed by atoms with E-state index in [2.05, 4.69) is 0 Å². The van der Waals surface area contributed by atoms with Crippen LogP contribution in [0.3, 0.4) is 0 Å². The molecule has 0 unspecified atom stereocenters. The number of phenolic OH excluding ortho intramolecular Hbond substituents is 1. The highest BCUT2D eigenvalue weighted by Crippen LogP contribution is 2.53. The molecule has 0 saturated carbocycles. The van der Waals surface area contributed by atoms with Gasteiger partial charge in [-0.3, -0.25) is 0 Å². The van der Waals surface area contributed by atoms with Crippen molar-refractivity contribution in [2.24, 2.45) is 5.92 Å². The zero-order valence-electron chi connectivity index (χ0n) is 28.1. The van der Waals surface area contributed by atoms with Gasteiger partial charge >= 0.3 is 0 Å². The molecule has 2 heteroatoms. The van der Waals surface area contributed by atoms with Crippen LogP contribution in [0.5, 0.6) is 11.5 Å².